The van der Waals surface area contributed by atoms with Crippen molar-refractivity contribution in [3.63, 3.8) is 0 Å². The normalized spacial score (nSPS) is 19.0. The van der Waals surface area contributed by atoms with Crippen LogP contribution >= 0.6 is 0 Å². The van der Waals surface area contributed by atoms with Gasteiger partial charge in [0, 0.05) is 18.8 Å². The minimum atomic E-state index is 0.134. The van der Waals surface area contributed by atoms with Gasteiger partial charge in [0.05, 0.1) is 6.61 Å². The molecule has 1 aliphatic heterocycles. The van der Waals surface area contributed by atoms with Gasteiger partial charge < -0.3 is 10.0 Å². The van der Waals surface area contributed by atoms with Crippen LogP contribution in [0.15, 0.2) is 18.2 Å². The number of rotatable bonds is 3. The van der Waals surface area contributed by atoms with Gasteiger partial charge in [-0.05, 0) is 42.4 Å². The van der Waals surface area contributed by atoms with E-state index in [2.05, 4.69) is 37.8 Å². The van der Waals surface area contributed by atoms with Crippen LogP contribution in [0.5, 0.6) is 0 Å². The number of aliphatic hydroxyl groups is 1. The standard InChI is InChI=1S/C16H25NO/c1-4-16(3)7-9-17(10-8-16)15-6-5-14(12-18)11-13(15)2/h5-6,11,18H,4,7-10,12H2,1-3H3. The van der Waals surface area contributed by atoms with Crippen LogP contribution < -0.4 is 4.90 Å². The van der Waals surface area contributed by atoms with E-state index in [-0.39, 0.29) is 6.61 Å². The van der Waals surface area contributed by atoms with Gasteiger partial charge in [-0.15, -0.1) is 0 Å². The first kappa shape index (κ1) is 13.4. The Morgan fingerprint density at radius 3 is 2.44 bits per heavy atom. The molecule has 2 rings (SSSR count). The zero-order chi connectivity index (χ0) is 13.2. The van der Waals surface area contributed by atoms with Crippen LogP contribution in [0.3, 0.4) is 0 Å². The monoisotopic (exact) mass is 247 g/mol. The molecule has 2 nitrogen and oxygen atoms in total. The lowest BCUT2D eigenvalue weighted by Gasteiger charge is -2.40. The average molecular weight is 247 g/mol. The third-order valence-electron chi connectivity index (χ3n) is 4.61. The number of hydrogen-bond acceptors (Lipinski definition) is 2. The summed E-state index contributed by atoms with van der Waals surface area (Å²) in [5.41, 5.74) is 4.16. The van der Waals surface area contributed by atoms with Gasteiger partial charge in [-0.2, -0.15) is 0 Å². The maximum absolute atomic E-state index is 9.15. The first-order valence-electron chi connectivity index (χ1n) is 7.03. The Morgan fingerprint density at radius 1 is 1.28 bits per heavy atom. The molecule has 1 N–H and O–H groups in total. The minimum absolute atomic E-state index is 0.134. The average Bonchev–Trinajstić information content (AvgIpc) is 2.40. The van der Waals surface area contributed by atoms with Crippen molar-refractivity contribution in [1.82, 2.24) is 0 Å². The summed E-state index contributed by atoms with van der Waals surface area (Å²) >= 11 is 0. The molecule has 1 saturated heterocycles. The van der Waals surface area contributed by atoms with E-state index in [4.69, 9.17) is 5.11 Å². The molecule has 1 aromatic rings. The smallest absolute Gasteiger partial charge is 0.0681 e. The fourth-order valence-electron chi connectivity index (χ4n) is 2.81. The second-order valence-corrected chi connectivity index (χ2v) is 5.93. The molecule has 0 aliphatic carbocycles. The second kappa shape index (κ2) is 5.31. The van der Waals surface area contributed by atoms with Gasteiger partial charge in [0.15, 0.2) is 0 Å². The molecule has 2 heteroatoms. The van der Waals surface area contributed by atoms with Crippen LogP contribution in [-0.4, -0.2) is 18.2 Å². The van der Waals surface area contributed by atoms with E-state index in [0.717, 1.165) is 18.7 Å². The lowest BCUT2D eigenvalue weighted by atomic mass is 9.78. The van der Waals surface area contributed by atoms with Gasteiger partial charge in [-0.3, -0.25) is 0 Å². The highest BCUT2D eigenvalue weighted by Crippen LogP contribution is 2.36. The molecular weight excluding hydrogens is 222 g/mol. The summed E-state index contributed by atoms with van der Waals surface area (Å²) in [4.78, 5) is 2.49. The Morgan fingerprint density at radius 2 is 1.94 bits per heavy atom. The van der Waals surface area contributed by atoms with Crippen LogP contribution in [-0.2, 0) is 6.61 Å². The van der Waals surface area contributed by atoms with Gasteiger partial charge in [-0.1, -0.05) is 32.4 Å². The maximum Gasteiger partial charge on any atom is 0.0681 e. The topological polar surface area (TPSA) is 23.5 Å². The number of aliphatic hydroxyl groups excluding tert-OH is 1. The van der Waals surface area contributed by atoms with Crippen molar-refractivity contribution in [2.24, 2.45) is 5.41 Å². The summed E-state index contributed by atoms with van der Waals surface area (Å²) in [5, 5.41) is 9.15. The Balaban J connectivity index is 2.10. The number of aryl methyl sites for hydroxylation is 1. The fraction of sp³-hybridized carbons (Fsp3) is 0.625. The molecule has 0 radical (unpaired) electrons. The molecule has 18 heavy (non-hydrogen) atoms. The summed E-state index contributed by atoms with van der Waals surface area (Å²) < 4.78 is 0. The number of hydrogen-bond donors (Lipinski definition) is 1. The van der Waals surface area contributed by atoms with Crippen LogP contribution in [0.4, 0.5) is 5.69 Å². The summed E-state index contributed by atoms with van der Waals surface area (Å²) in [6.07, 6.45) is 3.85. The fourth-order valence-corrected chi connectivity index (χ4v) is 2.81. The Bertz CT molecular complexity index is 406. The van der Waals surface area contributed by atoms with Crippen LogP contribution in [0, 0.1) is 12.3 Å². The van der Waals surface area contributed by atoms with Gasteiger partial charge in [0.1, 0.15) is 0 Å². The second-order valence-electron chi connectivity index (χ2n) is 5.93. The van der Waals surface area contributed by atoms with Gasteiger partial charge in [0.2, 0.25) is 0 Å². The number of piperidine rings is 1. The SMILES string of the molecule is CCC1(C)CCN(c2ccc(CO)cc2C)CC1. The first-order valence-corrected chi connectivity index (χ1v) is 7.03. The van der Waals surface area contributed by atoms with Crippen molar-refractivity contribution in [3.05, 3.63) is 29.3 Å². The summed E-state index contributed by atoms with van der Waals surface area (Å²) in [5.74, 6) is 0. The third kappa shape index (κ3) is 2.69. The van der Waals surface area contributed by atoms with Gasteiger partial charge in [-0.25, -0.2) is 0 Å². The zero-order valence-corrected chi connectivity index (χ0v) is 11.9. The van der Waals surface area contributed by atoms with Crippen molar-refractivity contribution < 1.29 is 5.11 Å². The largest absolute Gasteiger partial charge is 0.392 e. The molecule has 0 unspecified atom stereocenters. The Hall–Kier alpha value is -1.02. The highest BCUT2D eigenvalue weighted by Gasteiger charge is 2.28. The van der Waals surface area contributed by atoms with Crippen molar-refractivity contribution in [1.29, 1.82) is 0 Å². The molecule has 0 bridgehead atoms. The summed E-state index contributed by atoms with van der Waals surface area (Å²) in [7, 11) is 0. The molecule has 0 spiro atoms. The highest BCUT2D eigenvalue weighted by atomic mass is 16.3. The van der Waals surface area contributed by atoms with E-state index in [1.807, 2.05) is 6.07 Å². The van der Waals surface area contributed by atoms with Crippen LogP contribution in [0.1, 0.15) is 44.2 Å². The molecule has 100 valence electrons. The Kier molecular flexibility index (Phi) is 3.96. The lowest BCUT2D eigenvalue weighted by Crippen LogP contribution is -2.38. The summed E-state index contributed by atoms with van der Waals surface area (Å²) in [6.45, 7) is 9.30. The molecule has 1 heterocycles. The molecule has 0 saturated carbocycles. The third-order valence-corrected chi connectivity index (χ3v) is 4.61. The predicted molar refractivity (Wildman–Crippen MR) is 76.9 cm³/mol. The molecule has 1 aromatic carbocycles. The minimum Gasteiger partial charge on any atom is -0.392 e. The quantitative estimate of drug-likeness (QED) is 0.883. The molecule has 0 atom stereocenters. The van der Waals surface area contributed by atoms with Crippen LogP contribution in [0.25, 0.3) is 0 Å². The number of benzene rings is 1. The van der Waals surface area contributed by atoms with E-state index in [0.29, 0.717) is 5.41 Å². The predicted octanol–water partition coefficient (Wildman–Crippen LogP) is 3.50. The van der Waals surface area contributed by atoms with E-state index in [1.54, 1.807) is 0 Å². The maximum atomic E-state index is 9.15. The number of nitrogens with zero attached hydrogens (tertiary/aromatic N) is 1. The van der Waals surface area contributed by atoms with E-state index in [1.165, 1.54) is 30.5 Å². The summed E-state index contributed by atoms with van der Waals surface area (Å²) in [6, 6.07) is 6.30. The molecular formula is C16H25NO. The Labute approximate surface area is 111 Å². The number of anilines is 1. The van der Waals surface area contributed by atoms with Crippen molar-refractivity contribution in [3.8, 4) is 0 Å². The van der Waals surface area contributed by atoms with Crippen molar-refractivity contribution in [2.45, 2.75) is 46.6 Å². The lowest BCUT2D eigenvalue weighted by molar-refractivity contribution is 0.238. The van der Waals surface area contributed by atoms with Gasteiger partial charge in [0.25, 0.3) is 0 Å². The molecule has 1 fully saturated rings. The highest BCUT2D eigenvalue weighted by molar-refractivity contribution is 5.54. The van der Waals surface area contributed by atoms with E-state index < -0.39 is 0 Å². The van der Waals surface area contributed by atoms with E-state index >= 15 is 0 Å². The van der Waals surface area contributed by atoms with Crippen molar-refractivity contribution >= 4 is 5.69 Å². The molecule has 0 aromatic heterocycles. The van der Waals surface area contributed by atoms with Crippen LogP contribution in [0.2, 0.25) is 0 Å². The van der Waals surface area contributed by atoms with Crippen molar-refractivity contribution in [2.75, 3.05) is 18.0 Å². The first-order chi connectivity index (χ1) is 8.58. The zero-order valence-electron chi connectivity index (χ0n) is 11.9. The van der Waals surface area contributed by atoms with E-state index in [9.17, 15) is 0 Å². The molecule has 0 amide bonds. The molecule has 1 aliphatic rings. The van der Waals surface area contributed by atoms with Gasteiger partial charge >= 0.3 is 0 Å².